The van der Waals surface area contributed by atoms with Gasteiger partial charge in [0.1, 0.15) is 5.82 Å². The summed E-state index contributed by atoms with van der Waals surface area (Å²) >= 11 is 1.54. The van der Waals surface area contributed by atoms with Gasteiger partial charge in [0.15, 0.2) is 5.16 Å². The molecule has 3 aromatic rings. The molecule has 25 heavy (non-hydrogen) atoms. The Bertz CT molecular complexity index is 818. The zero-order valence-corrected chi connectivity index (χ0v) is 14.9. The number of benzene rings is 2. The zero-order valence-electron chi connectivity index (χ0n) is 14.1. The number of para-hydroxylation sites is 1. The summed E-state index contributed by atoms with van der Waals surface area (Å²) < 4.78 is 2.01. The largest absolute Gasteiger partial charge is 0.352 e. The van der Waals surface area contributed by atoms with Gasteiger partial charge in [-0.25, -0.2) is 0 Å². The molecule has 1 heterocycles. The Labute approximate surface area is 151 Å². The fourth-order valence-electron chi connectivity index (χ4n) is 2.43. The first kappa shape index (κ1) is 17.2. The smallest absolute Gasteiger partial charge is 0.221 e. The van der Waals surface area contributed by atoms with Gasteiger partial charge in [0, 0.05) is 24.4 Å². The molecule has 1 amide bonds. The van der Waals surface area contributed by atoms with Gasteiger partial charge in [-0.05, 0) is 24.6 Å². The van der Waals surface area contributed by atoms with Crippen molar-refractivity contribution in [1.82, 2.24) is 20.1 Å². The van der Waals surface area contributed by atoms with Gasteiger partial charge in [-0.1, -0.05) is 60.3 Å². The molecule has 1 aromatic heterocycles. The van der Waals surface area contributed by atoms with Gasteiger partial charge < -0.3 is 5.32 Å². The van der Waals surface area contributed by atoms with Crippen LogP contribution in [0.3, 0.4) is 0 Å². The highest BCUT2D eigenvalue weighted by molar-refractivity contribution is 7.99. The second-order valence-electron chi connectivity index (χ2n) is 5.56. The van der Waals surface area contributed by atoms with Crippen molar-refractivity contribution in [2.24, 2.45) is 0 Å². The van der Waals surface area contributed by atoms with Crippen LogP contribution < -0.4 is 5.32 Å². The van der Waals surface area contributed by atoms with Crippen molar-refractivity contribution in [3.05, 3.63) is 72.1 Å². The van der Waals surface area contributed by atoms with Crippen LogP contribution in [-0.4, -0.2) is 26.4 Å². The van der Waals surface area contributed by atoms with Crippen LogP contribution in [-0.2, 0) is 11.3 Å². The molecule has 0 bridgehead atoms. The normalized spacial score (nSPS) is 10.6. The van der Waals surface area contributed by atoms with Crippen LogP contribution >= 0.6 is 11.8 Å². The van der Waals surface area contributed by atoms with Crippen LogP contribution in [0.1, 0.15) is 17.8 Å². The highest BCUT2D eigenvalue weighted by atomic mass is 32.2. The van der Waals surface area contributed by atoms with Crippen LogP contribution in [0.2, 0.25) is 0 Å². The summed E-state index contributed by atoms with van der Waals surface area (Å²) in [6, 6.07) is 19.9. The average Bonchev–Trinajstić information content (AvgIpc) is 3.02. The third-order valence-corrected chi connectivity index (χ3v) is 4.63. The highest BCUT2D eigenvalue weighted by Crippen LogP contribution is 2.22. The quantitative estimate of drug-likeness (QED) is 0.662. The second kappa shape index (κ2) is 8.48. The van der Waals surface area contributed by atoms with Gasteiger partial charge in [-0.15, -0.1) is 10.2 Å². The Morgan fingerprint density at radius 2 is 1.72 bits per heavy atom. The average molecular weight is 352 g/mol. The molecule has 3 rings (SSSR count). The molecule has 1 N–H and O–H groups in total. The zero-order chi connectivity index (χ0) is 17.5. The lowest BCUT2D eigenvalue weighted by Gasteiger charge is -2.08. The van der Waals surface area contributed by atoms with Crippen molar-refractivity contribution in [3.63, 3.8) is 0 Å². The Kier molecular flexibility index (Phi) is 5.85. The molecular weight excluding hydrogens is 332 g/mol. The van der Waals surface area contributed by atoms with E-state index in [1.807, 2.05) is 72.2 Å². The number of rotatable bonds is 7. The highest BCUT2D eigenvalue weighted by Gasteiger charge is 2.11. The van der Waals surface area contributed by atoms with Gasteiger partial charge in [0.05, 0.1) is 0 Å². The minimum Gasteiger partial charge on any atom is -0.352 e. The molecule has 0 aliphatic rings. The predicted molar refractivity (Wildman–Crippen MR) is 99.7 cm³/mol. The summed E-state index contributed by atoms with van der Waals surface area (Å²) in [7, 11) is 0. The number of nitrogens with zero attached hydrogens (tertiary/aromatic N) is 3. The fraction of sp³-hybridized carbons (Fsp3) is 0.211. The monoisotopic (exact) mass is 352 g/mol. The Morgan fingerprint density at radius 3 is 2.44 bits per heavy atom. The number of nitrogens with one attached hydrogen (secondary N) is 1. The van der Waals surface area contributed by atoms with E-state index in [2.05, 4.69) is 15.5 Å². The van der Waals surface area contributed by atoms with E-state index in [4.69, 9.17) is 0 Å². The number of amides is 1. The predicted octanol–water partition coefficient (Wildman–Crippen LogP) is 3.37. The van der Waals surface area contributed by atoms with Gasteiger partial charge in [-0.3, -0.25) is 9.36 Å². The van der Waals surface area contributed by atoms with Crippen molar-refractivity contribution in [2.45, 2.75) is 25.0 Å². The molecule has 0 radical (unpaired) electrons. The SMILES string of the molecule is Cc1nnc(SCCC(=O)NCc2ccccc2)n1-c1ccccc1. The lowest BCUT2D eigenvalue weighted by molar-refractivity contribution is -0.120. The molecule has 2 aromatic carbocycles. The number of aryl methyl sites for hydroxylation is 1. The van der Waals surface area contributed by atoms with Gasteiger partial charge in [0.2, 0.25) is 5.91 Å². The number of aromatic nitrogens is 3. The lowest BCUT2D eigenvalue weighted by atomic mass is 10.2. The summed E-state index contributed by atoms with van der Waals surface area (Å²) in [5.41, 5.74) is 2.13. The Hall–Kier alpha value is -2.60. The van der Waals surface area contributed by atoms with Gasteiger partial charge in [0.25, 0.3) is 0 Å². The van der Waals surface area contributed by atoms with Crippen molar-refractivity contribution in [3.8, 4) is 5.69 Å². The van der Waals surface area contributed by atoms with Crippen molar-refractivity contribution < 1.29 is 4.79 Å². The third-order valence-electron chi connectivity index (χ3n) is 3.70. The lowest BCUT2D eigenvalue weighted by Crippen LogP contribution is -2.23. The van der Waals surface area contributed by atoms with Gasteiger partial charge >= 0.3 is 0 Å². The standard InChI is InChI=1S/C19H20N4OS/c1-15-21-22-19(23(15)17-10-6-3-7-11-17)25-13-12-18(24)20-14-16-8-4-2-5-9-16/h2-11H,12-14H2,1H3,(H,20,24). The van der Waals surface area contributed by atoms with E-state index in [9.17, 15) is 4.79 Å². The van der Waals surface area contributed by atoms with Crippen molar-refractivity contribution >= 4 is 17.7 Å². The maximum absolute atomic E-state index is 12.0. The first-order valence-corrected chi connectivity index (χ1v) is 9.13. The molecule has 0 fully saturated rings. The number of hydrogen-bond acceptors (Lipinski definition) is 4. The molecule has 0 unspecified atom stereocenters. The number of carbonyl (C=O) groups is 1. The van der Waals surface area contributed by atoms with E-state index >= 15 is 0 Å². The first-order chi connectivity index (χ1) is 12.2. The molecule has 5 nitrogen and oxygen atoms in total. The van der Waals surface area contributed by atoms with Crippen molar-refractivity contribution in [1.29, 1.82) is 0 Å². The van der Waals surface area contributed by atoms with E-state index in [1.165, 1.54) is 0 Å². The second-order valence-corrected chi connectivity index (χ2v) is 6.62. The maximum Gasteiger partial charge on any atom is 0.221 e. The summed E-state index contributed by atoms with van der Waals surface area (Å²) in [6.07, 6.45) is 0.443. The number of carbonyl (C=O) groups excluding carboxylic acids is 1. The van der Waals surface area contributed by atoms with E-state index in [0.29, 0.717) is 18.7 Å². The Balaban J connectivity index is 1.52. The molecule has 128 valence electrons. The van der Waals surface area contributed by atoms with Crippen molar-refractivity contribution in [2.75, 3.05) is 5.75 Å². The van der Waals surface area contributed by atoms with E-state index in [1.54, 1.807) is 11.8 Å². The van der Waals surface area contributed by atoms with Crippen LogP contribution in [0, 0.1) is 6.92 Å². The molecular formula is C19H20N4OS. The third kappa shape index (κ3) is 4.70. The molecule has 0 atom stereocenters. The minimum absolute atomic E-state index is 0.0406. The minimum atomic E-state index is 0.0406. The molecule has 0 spiro atoms. The maximum atomic E-state index is 12.0. The number of hydrogen-bond donors (Lipinski definition) is 1. The van der Waals surface area contributed by atoms with Crippen LogP contribution in [0.15, 0.2) is 65.8 Å². The molecule has 0 saturated heterocycles. The molecule has 0 aliphatic heterocycles. The van der Waals surface area contributed by atoms with Crippen LogP contribution in [0.5, 0.6) is 0 Å². The van der Waals surface area contributed by atoms with Gasteiger partial charge in [-0.2, -0.15) is 0 Å². The Morgan fingerprint density at radius 1 is 1.04 bits per heavy atom. The molecule has 0 aliphatic carbocycles. The number of thioether (sulfide) groups is 1. The van der Waals surface area contributed by atoms with Crippen LogP contribution in [0.25, 0.3) is 5.69 Å². The van der Waals surface area contributed by atoms with E-state index in [-0.39, 0.29) is 5.91 Å². The van der Waals surface area contributed by atoms with Crippen LogP contribution in [0.4, 0.5) is 0 Å². The summed E-state index contributed by atoms with van der Waals surface area (Å²) in [5.74, 6) is 1.53. The fourth-order valence-corrected chi connectivity index (χ4v) is 3.37. The van der Waals surface area contributed by atoms with E-state index < -0.39 is 0 Å². The summed E-state index contributed by atoms with van der Waals surface area (Å²) in [6.45, 7) is 2.49. The summed E-state index contributed by atoms with van der Waals surface area (Å²) in [5, 5.41) is 12.1. The summed E-state index contributed by atoms with van der Waals surface area (Å²) in [4.78, 5) is 12.0. The topological polar surface area (TPSA) is 59.8 Å². The van der Waals surface area contributed by atoms with E-state index in [0.717, 1.165) is 22.2 Å². The molecule has 0 saturated carbocycles. The first-order valence-electron chi connectivity index (χ1n) is 8.15. The molecule has 6 heteroatoms.